The summed E-state index contributed by atoms with van der Waals surface area (Å²) in [6.07, 6.45) is 3.42. The SMILES string of the molecule is O=C(Cc1ccn[nH]1)N[C@H]1C[C@@H]2C[C@H]1N(C(=O)COc1cc(F)ccc1F)C2. The maximum absolute atomic E-state index is 13.6. The Labute approximate surface area is 160 Å². The highest BCUT2D eigenvalue weighted by Crippen LogP contribution is 2.38. The van der Waals surface area contributed by atoms with Crippen molar-refractivity contribution in [1.29, 1.82) is 0 Å². The molecular formula is C19H20F2N4O3. The number of hydrogen-bond acceptors (Lipinski definition) is 4. The molecule has 1 saturated carbocycles. The lowest BCUT2D eigenvalue weighted by Gasteiger charge is -2.33. The number of H-pyrrole nitrogens is 1. The van der Waals surface area contributed by atoms with Gasteiger partial charge in [0.25, 0.3) is 5.91 Å². The summed E-state index contributed by atoms with van der Waals surface area (Å²) in [4.78, 5) is 26.5. The number of ether oxygens (including phenoxy) is 1. The molecule has 1 aromatic heterocycles. The second kappa shape index (κ2) is 7.57. The van der Waals surface area contributed by atoms with E-state index in [4.69, 9.17) is 4.74 Å². The Morgan fingerprint density at radius 3 is 2.89 bits per heavy atom. The van der Waals surface area contributed by atoms with E-state index in [0.717, 1.165) is 36.7 Å². The fourth-order valence-electron chi connectivity index (χ4n) is 4.09. The molecule has 1 aliphatic carbocycles. The summed E-state index contributed by atoms with van der Waals surface area (Å²) in [6, 6.07) is 4.36. The van der Waals surface area contributed by atoms with Gasteiger partial charge >= 0.3 is 0 Å². The van der Waals surface area contributed by atoms with Gasteiger partial charge < -0.3 is 15.0 Å². The van der Waals surface area contributed by atoms with Crippen molar-refractivity contribution in [3.8, 4) is 5.75 Å². The van der Waals surface area contributed by atoms with Crippen LogP contribution in [-0.2, 0) is 16.0 Å². The number of amides is 2. The minimum absolute atomic E-state index is 0.107. The molecule has 7 nitrogen and oxygen atoms in total. The van der Waals surface area contributed by atoms with E-state index in [1.165, 1.54) is 0 Å². The number of piperidine rings is 1. The van der Waals surface area contributed by atoms with Gasteiger partial charge in [0, 0.05) is 30.5 Å². The van der Waals surface area contributed by atoms with E-state index in [2.05, 4.69) is 15.5 Å². The van der Waals surface area contributed by atoms with E-state index in [1.807, 2.05) is 0 Å². The lowest BCUT2D eigenvalue weighted by Crippen LogP contribution is -2.53. The van der Waals surface area contributed by atoms with Crippen LogP contribution in [0.15, 0.2) is 30.5 Å². The van der Waals surface area contributed by atoms with Crippen LogP contribution in [0.3, 0.4) is 0 Å². The molecule has 1 saturated heterocycles. The largest absolute Gasteiger partial charge is 0.481 e. The van der Waals surface area contributed by atoms with E-state index in [0.29, 0.717) is 12.5 Å². The molecule has 1 aromatic carbocycles. The summed E-state index contributed by atoms with van der Waals surface area (Å²) in [6.45, 7) is 0.212. The Hall–Kier alpha value is -2.97. The Balaban J connectivity index is 1.33. The van der Waals surface area contributed by atoms with Crippen LogP contribution in [0, 0.1) is 17.6 Å². The molecule has 2 N–H and O–H groups in total. The average Bonchev–Trinajstić information content (AvgIpc) is 3.39. The van der Waals surface area contributed by atoms with Crippen LogP contribution in [0.2, 0.25) is 0 Å². The zero-order valence-electron chi connectivity index (χ0n) is 15.0. The first-order valence-electron chi connectivity index (χ1n) is 9.14. The molecule has 148 valence electrons. The highest BCUT2D eigenvalue weighted by molar-refractivity contribution is 5.80. The molecule has 2 aromatic rings. The van der Waals surface area contributed by atoms with Gasteiger partial charge in [-0.15, -0.1) is 0 Å². The van der Waals surface area contributed by atoms with E-state index >= 15 is 0 Å². The molecule has 4 rings (SSSR count). The number of halogens is 2. The van der Waals surface area contributed by atoms with Crippen molar-refractivity contribution >= 4 is 11.8 Å². The van der Waals surface area contributed by atoms with Gasteiger partial charge in [-0.25, -0.2) is 8.78 Å². The molecule has 28 heavy (non-hydrogen) atoms. The quantitative estimate of drug-likeness (QED) is 0.781. The van der Waals surface area contributed by atoms with Crippen molar-refractivity contribution in [2.75, 3.05) is 13.2 Å². The Bertz CT molecular complexity index is 874. The number of nitrogens with zero attached hydrogens (tertiary/aromatic N) is 2. The van der Waals surface area contributed by atoms with E-state index in [9.17, 15) is 18.4 Å². The monoisotopic (exact) mass is 390 g/mol. The molecule has 3 atom stereocenters. The Morgan fingerprint density at radius 1 is 1.29 bits per heavy atom. The second-order valence-corrected chi connectivity index (χ2v) is 7.25. The van der Waals surface area contributed by atoms with Crippen LogP contribution < -0.4 is 10.1 Å². The highest BCUT2D eigenvalue weighted by atomic mass is 19.1. The van der Waals surface area contributed by atoms with Crippen LogP contribution in [0.5, 0.6) is 5.75 Å². The standard InChI is InChI=1S/C19H20F2N4O3/c20-12-1-2-14(21)17(7-12)28-10-19(27)25-9-11-5-15(16(25)6-11)23-18(26)8-13-3-4-22-24-13/h1-4,7,11,15-16H,5-6,8-10H2,(H,22,24)(H,23,26)/t11-,15+,16-/m1/s1. The maximum atomic E-state index is 13.6. The van der Waals surface area contributed by atoms with Crippen LogP contribution >= 0.6 is 0 Å². The van der Waals surface area contributed by atoms with E-state index in [1.54, 1.807) is 17.2 Å². The molecule has 2 fully saturated rings. The van der Waals surface area contributed by atoms with Crippen molar-refractivity contribution < 1.29 is 23.1 Å². The minimum atomic E-state index is -0.721. The van der Waals surface area contributed by atoms with Crippen molar-refractivity contribution in [2.24, 2.45) is 5.92 Å². The first-order valence-corrected chi connectivity index (χ1v) is 9.14. The third-order valence-corrected chi connectivity index (χ3v) is 5.30. The first-order chi connectivity index (χ1) is 13.5. The zero-order valence-corrected chi connectivity index (χ0v) is 15.0. The van der Waals surface area contributed by atoms with E-state index < -0.39 is 11.6 Å². The third-order valence-electron chi connectivity index (χ3n) is 5.30. The molecule has 0 unspecified atom stereocenters. The summed E-state index contributed by atoms with van der Waals surface area (Å²) < 4.78 is 32.0. The van der Waals surface area contributed by atoms with Crippen molar-refractivity contribution in [3.05, 3.63) is 47.8 Å². The number of carbonyl (C=O) groups is 2. The van der Waals surface area contributed by atoms with Crippen LogP contribution in [0.1, 0.15) is 18.5 Å². The maximum Gasteiger partial charge on any atom is 0.260 e. The molecule has 0 spiro atoms. The number of aromatic nitrogens is 2. The molecule has 2 amide bonds. The predicted octanol–water partition coefficient (Wildman–Crippen LogP) is 1.41. The topological polar surface area (TPSA) is 87.3 Å². The summed E-state index contributed by atoms with van der Waals surface area (Å²) in [5.74, 6) is -1.76. The number of carbonyl (C=O) groups excluding carboxylic acids is 2. The summed E-state index contributed by atoms with van der Waals surface area (Å²) in [5.41, 5.74) is 0.721. The van der Waals surface area contributed by atoms with Crippen LogP contribution in [-0.4, -0.2) is 52.1 Å². The van der Waals surface area contributed by atoms with Gasteiger partial charge in [-0.3, -0.25) is 14.7 Å². The van der Waals surface area contributed by atoms with Crippen LogP contribution in [0.4, 0.5) is 8.78 Å². The second-order valence-electron chi connectivity index (χ2n) is 7.25. The first kappa shape index (κ1) is 18.4. The van der Waals surface area contributed by atoms with Gasteiger partial charge in [0.2, 0.25) is 5.91 Å². The Morgan fingerprint density at radius 2 is 2.14 bits per heavy atom. The molecule has 9 heteroatoms. The van der Waals surface area contributed by atoms with Gasteiger partial charge in [0.15, 0.2) is 18.2 Å². The number of fused-ring (bicyclic) bond motifs is 2. The van der Waals surface area contributed by atoms with Gasteiger partial charge in [-0.05, 0) is 37.0 Å². The van der Waals surface area contributed by atoms with Crippen molar-refractivity contribution in [2.45, 2.75) is 31.3 Å². The minimum Gasteiger partial charge on any atom is -0.481 e. The van der Waals surface area contributed by atoms with E-state index in [-0.39, 0.29) is 42.7 Å². The van der Waals surface area contributed by atoms with Gasteiger partial charge in [-0.1, -0.05) is 0 Å². The smallest absolute Gasteiger partial charge is 0.260 e. The van der Waals surface area contributed by atoms with Gasteiger partial charge in [0.05, 0.1) is 12.5 Å². The Kier molecular flexibility index (Phi) is 4.97. The number of rotatable bonds is 6. The normalized spacial score (nSPS) is 23.1. The third kappa shape index (κ3) is 3.83. The molecule has 2 bridgehead atoms. The molecule has 2 heterocycles. The van der Waals surface area contributed by atoms with Crippen LogP contribution in [0.25, 0.3) is 0 Å². The summed E-state index contributed by atoms with van der Waals surface area (Å²) >= 11 is 0. The lowest BCUT2D eigenvalue weighted by atomic mass is 10.1. The fourth-order valence-corrected chi connectivity index (χ4v) is 4.09. The molecular weight excluding hydrogens is 370 g/mol. The number of hydrogen-bond donors (Lipinski definition) is 2. The molecule has 0 radical (unpaired) electrons. The predicted molar refractivity (Wildman–Crippen MR) is 94.3 cm³/mol. The highest BCUT2D eigenvalue weighted by Gasteiger charge is 2.47. The summed E-state index contributed by atoms with van der Waals surface area (Å²) in [7, 11) is 0. The molecule has 2 aliphatic rings. The van der Waals surface area contributed by atoms with Gasteiger partial charge in [0.1, 0.15) is 5.82 Å². The lowest BCUT2D eigenvalue weighted by molar-refractivity contribution is -0.136. The van der Waals surface area contributed by atoms with Crippen molar-refractivity contribution in [1.82, 2.24) is 20.4 Å². The van der Waals surface area contributed by atoms with Gasteiger partial charge in [-0.2, -0.15) is 5.10 Å². The number of aromatic amines is 1. The van der Waals surface area contributed by atoms with Crippen molar-refractivity contribution in [3.63, 3.8) is 0 Å². The summed E-state index contributed by atoms with van der Waals surface area (Å²) in [5, 5.41) is 9.55. The average molecular weight is 390 g/mol. The number of nitrogens with one attached hydrogen (secondary N) is 2. The molecule has 1 aliphatic heterocycles. The number of benzene rings is 1. The fraction of sp³-hybridized carbons (Fsp3) is 0.421. The number of likely N-dealkylation sites (tertiary alicyclic amines) is 1. The zero-order chi connectivity index (χ0) is 19.7.